The molecule has 2 aromatic rings. The minimum absolute atomic E-state index is 0.0917. The van der Waals surface area contributed by atoms with Crippen LogP contribution in [0.4, 0.5) is 10.1 Å². The molecular formula is C16H14ClFN2O3. The number of hydrogen-bond donors (Lipinski definition) is 2. The van der Waals surface area contributed by atoms with Crippen LogP contribution in [0.5, 0.6) is 5.75 Å². The molecular weight excluding hydrogens is 323 g/mol. The van der Waals surface area contributed by atoms with Gasteiger partial charge in [0.25, 0.3) is 0 Å². The molecule has 0 heterocycles. The number of methoxy groups -OCH3 is 1. The number of halogens is 2. The number of hydrogen-bond acceptors (Lipinski definition) is 3. The van der Waals surface area contributed by atoms with E-state index in [2.05, 4.69) is 10.6 Å². The van der Waals surface area contributed by atoms with Gasteiger partial charge in [-0.2, -0.15) is 0 Å². The number of benzene rings is 2. The molecule has 2 N–H and O–H groups in total. The first-order chi connectivity index (χ1) is 11.0. The summed E-state index contributed by atoms with van der Waals surface area (Å²) in [5.74, 6) is -1.88. The fourth-order valence-electron chi connectivity index (χ4n) is 1.85. The van der Waals surface area contributed by atoms with Gasteiger partial charge in [0.2, 0.25) is 0 Å². The summed E-state index contributed by atoms with van der Waals surface area (Å²) in [7, 11) is 1.43. The SMILES string of the molecule is COc1ccc(Cl)cc1NC(=O)C(=O)NCc1ccccc1F. The van der Waals surface area contributed by atoms with Gasteiger partial charge in [0, 0.05) is 17.1 Å². The van der Waals surface area contributed by atoms with Crippen LogP contribution in [-0.4, -0.2) is 18.9 Å². The minimum atomic E-state index is -0.901. The summed E-state index contributed by atoms with van der Waals surface area (Å²) in [6.07, 6.45) is 0. The number of anilines is 1. The van der Waals surface area contributed by atoms with E-state index in [1.807, 2.05) is 0 Å². The van der Waals surface area contributed by atoms with Gasteiger partial charge in [0.05, 0.1) is 12.8 Å². The van der Waals surface area contributed by atoms with Gasteiger partial charge in [-0.05, 0) is 24.3 Å². The summed E-state index contributed by atoms with van der Waals surface area (Å²) in [4.78, 5) is 23.7. The van der Waals surface area contributed by atoms with Gasteiger partial charge in [-0.3, -0.25) is 9.59 Å². The Hall–Kier alpha value is -2.60. The second-order valence-electron chi connectivity index (χ2n) is 4.57. The van der Waals surface area contributed by atoms with Crippen molar-refractivity contribution in [1.82, 2.24) is 5.32 Å². The smallest absolute Gasteiger partial charge is 0.313 e. The molecule has 0 spiro atoms. The van der Waals surface area contributed by atoms with Crippen molar-refractivity contribution in [2.24, 2.45) is 0 Å². The molecule has 0 radical (unpaired) electrons. The highest BCUT2D eigenvalue weighted by molar-refractivity contribution is 6.40. The van der Waals surface area contributed by atoms with E-state index in [1.54, 1.807) is 24.3 Å². The molecule has 120 valence electrons. The topological polar surface area (TPSA) is 67.4 Å². The maximum absolute atomic E-state index is 13.4. The maximum atomic E-state index is 13.4. The Bertz CT molecular complexity index is 737. The zero-order chi connectivity index (χ0) is 16.8. The van der Waals surface area contributed by atoms with E-state index < -0.39 is 17.6 Å². The van der Waals surface area contributed by atoms with Crippen molar-refractivity contribution in [1.29, 1.82) is 0 Å². The molecule has 0 saturated heterocycles. The van der Waals surface area contributed by atoms with Crippen molar-refractivity contribution < 1.29 is 18.7 Å². The number of nitrogens with one attached hydrogen (secondary N) is 2. The first-order valence-corrected chi connectivity index (χ1v) is 7.05. The van der Waals surface area contributed by atoms with E-state index in [0.29, 0.717) is 10.8 Å². The number of carbonyl (C=O) groups is 2. The van der Waals surface area contributed by atoms with Crippen LogP contribution in [0, 0.1) is 5.82 Å². The molecule has 0 bridgehead atoms. The van der Waals surface area contributed by atoms with Crippen LogP contribution < -0.4 is 15.4 Å². The Morgan fingerprint density at radius 2 is 1.91 bits per heavy atom. The molecule has 7 heteroatoms. The van der Waals surface area contributed by atoms with Crippen LogP contribution in [0.1, 0.15) is 5.56 Å². The lowest BCUT2D eigenvalue weighted by Gasteiger charge is -2.10. The molecule has 0 unspecified atom stereocenters. The molecule has 0 aliphatic heterocycles. The zero-order valence-corrected chi connectivity index (χ0v) is 13.0. The van der Waals surface area contributed by atoms with Gasteiger partial charge in [-0.15, -0.1) is 0 Å². The summed E-state index contributed by atoms with van der Waals surface area (Å²) in [6, 6.07) is 10.6. The van der Waals surface area contributed by atoms with Gasteiger partial charge >= 0.3 is 11.8 Å². The fourth-order valence-corrected chi connectivity index (χ4v) is 2.03. The average molecular weight is 337 g/mol. The highest BCUT2D eigenvalue weighted by Crippen LogP contribution is 2.27. The van der Waals surface area contributed by atoms with Gasteiger partial charge < -0.3 is 15.4 Å². The quantitative estimate of drug-likeness (QED) is 0.844. The summed E-state index contributed by atoms with van der Waals surface area (Å²) in [5, 5.41) is 5.13. The van der Waals surface area contributed by atoms with Crippen molar-refractivity contribution in [3.8, 4) is 5.75 Å². The largest absolute Gasteiger partial charge is 0.495 e. The first-order valence-electron chi connectivity index (χ1n) is 6.67. The van der Waals surface area contributed by atoms with E-state index in [-0.39, 0.29) is 17.8 Å². The summed E-state index contributed by atoms with van der Waals surface area (Å²) in [5.41, 5.74) is 0.556. The molecule has 0 saturated carbocycles. The molecule has 2 amide bonds. The number of ether oxygens (including phenoxy) is 1. The first kappa shape index (κ1) is 16.8. The predicted molar refractivity (Wildman–Crippen MR) is 84.9 cm³/mol. The third-order valence-corrected chi connectivity index (χ3v) is 3.25. The van der Waals surface area contributed by atoms with Crippen molar-refractivity contribution in [2.75, 3.05) is 12.4 Å². The zero-order valence-electron chi connectivity index (χ0n) is 12.2. The van der Waals surface area contributed by atoms with Crippen molar-refractivity contribution in [3.63, 3.8) is 0 Å². The third-order valence-electron chi connectivity index (χ3n) is 3.01. The molecule has 0 aromatic heterocycles. The molecule has 5 nitrogen and oxygen atoms in total. The molecule has 2 rings (SSSR count). The van der Waals surface area contributed by atoms with Crippen molar-refractivity contribution in [3.05, 3.63) is 58.9 Å². The van der Waals surface area contributed by atoms with Crippen LogP contribution in [0.2, 0.25) is 5.02 Å². The lowest BCUT2D eigenvalue weighted by Crippen LogP contribution is -2.35. The second kappa shape index (κ2) is 7.60. The normalized spacial score (nSPS) is 10.0. The molecule has 0 atom stereocenters. The van der Waals surface area contributed by atoms with E-state index in [1.165, 1.54) is 25.3 Å². The highest BCUT2D eigenvalue weighted by Gasteiger charge is 2.16. The van der Waals surface area contributed by atoms with E-state index in [4.69, 9.17) is 16.3 Å². The van der Waals surface area contributed by atoms with Gasteiger partial charge in [-0.25, -0.2) is 4.39 Å². The summed E-state index contributed by atoms with van der Waals surface area (Å²) >= 11 is 5.85. The highest BCUT2D eigenvalue weighted by atomic mass is 35.5. The summed E-state index contributed by atoms with van der Waals surface area (Å²) < 4.78 is 18.5. The van der Waals surface area contributed by atoms with Crippen LogP contribution >= 0.6 is 11.6 Å². The average Bonchev–Trinajstić information content (AvgIpc) is 2.54. The molecule has 0 aliphatic rings. The minimum Gasteiger partial charge on any atom is -0.495 e. The van der Waals surface area contributed by atoms with E-state index >= 15 is 0 Å². The maximum Gasteiger partial charge on any atom is 0.313 e. The Kier molecular flexibility index (Phi) is 5.54. The van der Waals surface area contributed by atoms with Gasteiger partial charge in [-0.1, -0.05) is 29.8 Å². The lowest BCUT2D eigenvalue weighted by atomic mass is 10.2. The van der Waals surface area contributed by atoms with Crippen LogP contribution in [-0.2, 0) is 16.1 Å². The number of rotatable bonds is 4. The standard InChI is InChI=1S/C16H14ClFN2O3/c1-23-14-7-6-11(17)8-13(14)20-16(22)15(21)19-9-10-4-2-3-5-12(10)18/h2-8H,9H2,1H3,(H,19,21)(H,20,22). The monoisotopic (exact) mass is 336 g/mol. The van der Waals surface area contributed by atoms with Crippen molar-refractivity contribution in [2.45, 2.75) is 6.54 Å². The Morgan fingerprint density at radius 3 is 2.61 bits per heavy atom. The van der Waals surface area contributed by atoms with Crippen molar-refractivity contribution >= 4 is 29.1 Å². The molecule has 0 aliphatic carbocycles. The second-order valence-corrected chi connectivity index (χ2v) is 5.01. The molecule has 2 aromatic carbocycles. The molecule has 23 heavy (non-hydrogen) atoms. The molecule has 0 fully saturated rings. The fraction of sp³-hybridized carbons (Fsp3) is 0.125. The Labute approximate surface area is 137 Å². The Morgan fingerprint density at radius 1 is 1.17 bits per heavy atom. The lowest BCUT2D eigenvalue weighted by molar-refractivity contribution is -0.136. The Balaban J connectivity index is 1.99. The van der Waals surface area contributed by atoms with Crippen LogP contribution in [0.3, 0.4) is 0 Å². The summed E-state index contributed by atoms with van der Waals surface area (Å²) in [6.45, 7) is -0.0917. The van der Waals surface area contributed by atoms with Crippen LogP contribution in [0.15, 0.2) is 42.5 Å². The number of carbonyl (C=O) groups excluding carboxylic acids is 2. The van der Waals surface area contributed by atoms with E-state index in [0.717, 1.165) is 0 Å². The third kappa shape index (κ3) is 4.43. The van der Waals surface area contributed by atoms with Gasteiger partial charge in [0.15, 0.2) is 0 Å². The van der Waals surface area contributed by atoms with E-state index in [9.17, 15) is 14.0 Å². The van der Waals surface area contributed by atoms with Gasteiger partial charge in [0.1, 0.15) is 11.6 Å². The predicted octanol–water partition coefficient (Wildman–Crippen LogP) is 2.74. The number of amides is 2. The van der Waals surface area contributed by atoms with Crippen LogP contribution in [0.25, 0.3) is 0 Å².